The van der Waals surface area contributed by atoms with Crippen molar-refractivity contribution in [3.05, 3.63) is 53.3 Å². The van der Waals surface area contributed by atoms with Crippen LogP contribution in [-0.2, 0) is 13.6 Å². The van der Waals surface area contributed by atoms with Gasteiger partial charge in [0.25, 0.3) is 0 Å². The van der Waals surface area contributed by atoms with E-state index in [1.165, 1.54) is 0 Å². The van der Waals surface area contributed by atoms with Gasteiger partial charge in [-0.25, -0.2) is 4.79 Å². The molecular weight excluding hydrogens is 316 g/mol. The number of benzene rings is 1. The Balaban J connectivity index is 1.57. The third-order valence-corrected chi connectivity index (χ3v) is 5.08. The van der Waals surface area contributed by atoms with Crippen LogP contribution < -0.4 is 5.32 Å². The quantitative estimate of drug-likeness (QED) is 0.877. The van der Waals surface area contributed by atoms with Gasteiger partial charge in [-0.05, 0) is 31.7 Å². The van der Waals surface area contributed by atoms with Crippen LogP contribution in [0.15, 0.2) is 36.5 Å². The van der Waals surface area contributed by atoms with Crippen LogP contribution in [0.5, 0.6) is 0 Å². The first kappa shape index (κ1) is 17.5. The van der Waals surface area contributed by atoms with Crippen LogP contribution in [0.25, 0.3) is 0 Å². The molecule has 2 N–H and O–H groups in total. The van der Waals surface area contributed by atoms with Gasteiger partial charge in [-0.3, -0.25) is 4.68 Å². The third-order valence-electron chi connectivity index (χ3n) is 5.08. The lowest BCUT2D eigenvalue weighted by molar-refractivity contribution is 0.126. The summed E-state index contributed by atoms with van der Waals surface area (Å²) >= 11 is 0. The number of carbonyl (C=O) groups excluding carboxylic acids is 1. The number of rotatable bonds is 5. The molecule has 1 aliphatic rings. The Bertz CT molecular complexity index is 713. The van der Waals surface area contributed by atoms with Crippen LogP contribution in [-0.4, -0.2) is 38.4 Å². The van der Waals surface area contributed by atoms with E-state index in [9.17, 15) is 9.90 Å². The van der Waals surface area contributed by atoms with Gasteiger partial charge >= 0.3 is 6.03 Å². The van der Waals surface area contributed by atoms with Gasteiger partial charge in [0.2, 0.25) is 0 Å². The molecule has 2 atom stereocenters. The molecule has 0 unspecified atom stereocenters. The van der Waals surface area contributed by atoms with Crippen LogP contribution in [0.2, 0.25) is 0 Å². The minimum Gasteiger partial charge on any atom is -0.388 e. The molecule has 0 aliphatic carbocycles. The second-order valence-electron chi connectivity index (χ2n) is 6.69. The van der Waals surface area contributed by atoms with Crippen LogP contribution in [0, 0.1) is 6.92 Å². The normalized spacial score (nSPS) is 18.4. The van der Waals surface area contributed by atoms with Crippen molar-refractivity contribution in [2.75, 3.05) is 6.54 Å². The van der Waals surface area contributed by atoms with E-state index < -0.39 is 6.10 Å². The summed E-state index contributed by atoms with van der Waals surface area (Å²) in [5.41, 5.74) is 2.98. The summed E-state index contributed by atoms with van der Waals surface area (Å²) in [4.78, 5) is 14.4. The zero-order chi connectivity index (χ0) is 17.8. The highest BCUT2D eigenvalue weighted by Crippen LogP contribution is 2.27. The van der Waals surface area contributed by atoms with Crippen molar-refractivity contribution in [2.24, 2.45) is 7.05 Å². The number of aryl methyl sites for hydroxylation is 1. The monoisotopic (exact) mass is 342 g/mol. The number of likely N-dealkylation sites (tertiary alicyclic amines) is 1. The fourth-order valence-corrected chi connectivity index (χ4v) is 3.41. The van der Waals surface area contributed by atoms with Crippen molar-refractivity contribution in [3.8, 4) is 0 Å². The van der Waals surface area contributed by atoms with E-state index in [1.54, 1.807) is 10.9 Å². The van der Waals surface area contributed by atoms with Gasteiger partial charge in [0.1, 0.15) is 0 Å². The first-order valence-electron chi connectivity index (χ1n) is 8.81. The first-order chi connectivity index (χ1) is 12.1. The van der Waals surface area contributed by atoms with Gasteiger partial charge in [-0.15, -0.1) is 0 Å². The molecule has 1 aliphatic heterocycles. The number of nitrogens with zero attached hydrogens (tertiary/aromatic N) is 3. The summed E-state index contributed by atoms with van der Waals surface area (Å²) < 4.78 is 1.80. The van der Waals surface area contributed by atoms with Crippen molar-refractivity contribution in [1.82, 2.24) is 20.0 Å². The molecule has 2 amide bonds. The molecule has 2 heterocycles. The Morgan fingerprint density at radius 1 is 1.40 bits per heavy atom. The Morgan fingerprint density at radius 3 is 2.84 bits per heavy atom. The summed E-state index contributed by atoms with van der Waals surface area (Å²) in [5.74, 6) is 0. The van der Waals surface area contributed by atoms with Crippen LogP contribution in [0.1, 0.15) is 42.2 Å². The smallest absolute Gasteiger partial charge is 0.317 e. The van der Waals surface area contributed by atoms with Gasteiger partial charge in [-0.1, -0.05) is 30.3 Å². The molecule has 0 radical (unpaired) electrons. The number of nitrogens with one attached hydrogen (secondary N) is 1. The molecule has 1 aromatic heterocycles. The SMILES string of the molecule is Cc1c(CNC(=O)N2CCC[C@H]2C[C@@H](O)c2ccccc2)cnn1C. The van der Waals surface area contributed by atoms with E-state index in [-0.39, 0.29) is 12.1 Å². The second kappa shape index (κ2) is 7.70. The van der Waals surface area contributed by atoms with Crippen LogP contribution >= 0.6 is 0 Å². The fourth-order valence-electron chi connectivity index (χ4n) is 3.41. The van der Waals surface area contributed by atoms with Crippen molar-refractivity contribution in [2.45, 2.75) is 44.9 Å². The standard InChI is InChI=1S/C19H26N4O2/c1-14-16(13-21-22(14)2)12-20-19(25)23-10-6-9-17(23)11-18(24)15-7-4-3-5-8-15/h3-5,7-8,13,17-18,24H,6,9-12H2,1-2H3,(H,20,25)/t17-,18+/m0/s1. The van der Waals surface area contributed by atoms with Crippen molar-refractivity contribution < 1.29 is 9.90 Å². The molecule has 1 fully saturated rings. The maximum Gasteiger partial charge on any atom is 0.317 e. The molecule has 1 saturated heterocycles. The molecule has 6 nitrogen and oxygen atoms in total. The topological polar surface area (TPSA) is 70.4 Å². The van der Waals surface area contributed by atoms with E-state index >= 15 is 0 Å². The molecule has 134 valence electrons. The molecule has 25 heavy (non-hydrogen) atoms. The maximum atomic E-state index is 12.6. The Morgan fingerprint density at radius 2 is 2.16 bits per heavy atom. The lowest BCUT2D eigenvalue weighted by Crippen LogP contribution is -2.43. The van der Waals surface area contributed by atoms with E-state index in [0.717, 1.165) is 36.2 Å². The van der Waals surface area contributed by atoms with Gasteiger partial charge in [0.15, 0.2) is 0 Å². The summed E-state index contributed by atoms with van der Waals surface area (Å²) in [6, 6.07) is 9.65. The molecule has 0 saturated carbocycles. The zero-order valence-corrected chi connectivity index (χ0v) is 14.9. The number of hydrogen-bond acceptors (Lipinski definition) is 3. The predicted molar refractivity (Wildman–Crippen MR) is 95.9 cm³/mol. The Hall–Kier alpha value is -2.34. The molecule has 6 heteroatoms. The number of aromatic nitrogens is 2. The van der Waals surface area contributed by atoms with Gasteiger partial charge < -0.3 is 15.3 Å². The third kappa shape index (κ3) is 4.02. The molecule has 0 bridgehead atoms. The number of hydrogen-bond donors (Lipinski definition) is 2. The number of carbonyl (C=O) groups is 1. The molecular formula is C19H26N4O2. The molecule has 0 spiro atoms. The lowest BCUT2D eigenvalue weighted by Gasteiger charge is -2.27. The highest BCUT2D eigenvalue weighted by atomic mass is 16.3. The maximum absolute atomic E-state index is 12.6. The van der Waals surface area contributed by atoms with Crippen molar-refractivity contribution >= 4 is 6.03 Å². The highest BCUT2D eigenvalue weighted by molar-refractivity contribution is 5.74. The summed E-state index contributed by atoms with van der Waals surface area (Å²) in [7, 11) is 1.89. The van der Waals surface area contributed by atoms with E-state index in [2.05, 4.69) is 10.4 Å². The first-order valence-corrected chi connectivity index (χ1v) is 8.81. The minimum atomic E-state index is -0.542. The zero-order valence-electron chi connectivity index (χ0n) is 14.9. The molecule has 2 aromatic rings. The number of urea groups is 1. The van der Waals surface area contributed by atoms with Crippen LogP contribution in [0.3, 0.4) is 0 Å². The van der Waals surface area contributed by atoms with E-state index in [4.69, 9.17) is 0 Å². The van der Waals surface area contributed by atoms with Crippen molar-refractivity contribution in [3.63, 3.8) is 0 Å². The lowest BCUT2D eigenvalue weighted by atomic mass is 10.0. The number of aliphatic hydroxyl groups is 1. The predicted octanol–water partition coefficient (Wildman–Crippen LogP) is 2.53. The summed E-state index contributed by atoms with van der Waals surface area (Å²) in [5, 5.41) is 17.6. The molecule has 3 rings (SSSR count). The largest absolute Gasteiger partial charge is 0.388 e. The Kier molecular flexibility index (Phi) is 5.38. The van der Waals surface area contributed by atoms with Gasteiger partial charge in [0, 0.05) is 37.4 Å². The number of amides is 2. The summed E-state index contributed by atoms with van der Waals surface area (Å²) in [6.45, 7) is 3.20. The highest BCUT2D eigenvalue weighted by Gasteiger charge is 2.30. The average Bonchev–Trinajstić information content (AvgIpc) is 3.21. The van der Waals surface area contributed by atoms with E-state index in [0.29, 0.717) is 13.0 Å². The Labute approximate surface area is 148 Å². The van der Waals surface area contributed by atoms with E-state index in [1.807, 2.05) is 49.2 Å². The molecule has 1 aromatic carbocycles. The average molecular weight is 342 g/mol. The van der Waals surface area contributed by atoms with Gasteiger partial charge in [0.05, 0.1) is 12.3 Å². The van der Waals surface area contributed by atoms with Crippen molar-refractivity contribution in [1.29, 1.82) is 0 Å². The van der Waals surface area contributed by atoms with Crippen LogP contribution in [0.4, 0.5) is 4.79 Å². The fraction of sp³-hybridized carbons (Fsp3) is 0.474. The second-order valence-corrected chi connectivity index (χ2v) is 6.69. The minimum absolute atomic E-state index is 0.0639. The van der Waals surface area contributed by atoms with Gasteiger partial charge in [-0.2, -0.15) is 5.10 Å². The number of aliphatic hydroxyl groups excluding tert-OH is 1. The summed E-state index contributed by atoms with van der Waals surface area (Å²) in [6.07, 6.45) is 3.73.